The standard InChI is InChI=1S/C31H30N4O3S/c1-17-10-12-22(18(2)16-17)35-29(36)24-20(4)34-31-26(25(24)23-13-11-19(3)38-23)27(32)28(39-31)30(37)33-15-14-21-8-6-5-7-9-21/h5-13,16H,14-15,32H2,1-4H3,(H,33,37)(H,35,36). The van der Waals surface area contributed by atoms with Crippen LogP contribution in [0.4, 0.5) is 11.4 Å². The number of nitrogens with one attached hydrogen (secondary N) is 2. The number of nitrogens with two attached hydrogens (primary N) is 1. The van der Waals surface area contributed by atoms with Crippen molar-refractivity contribution in [2.24, 2.45) is 0 Å². The Morgan fingerprint density at radius 3 is 2.44 bits per heavy atom. The van der Waals surface area contributed by atoms with Gasteiger partial charge in [-0.3, -0.25) is 9.59 Å². The van der Waals surface area contributed by atoms with Crippen LogP contribution in [-0.4, -0.2) is 23.3 Å². The summed E-state index contributed by atoms with van der Waals surface area (Å²) in [6.45, 7) is 8.05. The summed E-state index contributed by atoms with van der Waals surface area (Å²) >= 11 is 1.21. The number of rotatable bonds is 7. The zero-order chi connectivity index (χ0) is 27.7. The zero-order valence-corrected chi connectivity index (χ0v) is 23.2. The third-order valence-corrected chi connectivity index (χ3v) is 7.75. The number of thiophene rings is 1. The average Bonchev–Trinajstić information content (AvgIpc) is 3.48. The Labute approximate surface area is 231 Å². The first-order valence-electron chi connectivity index (χ1n) is 12.7. The van der Waals surface area contributed by atoms with Gasteiger partial charge in [-0.25, -0.2) is 4.98 Å². The van der Waals surface area contributed by atoms with Gasteiger partial charge in [0, 0.05) is 23.2 Å². The number of nitrogen functional groups attached to an aromatic ring is 1. The van der Waals surface area contributed by atoms with Gasteiger partial charge in [-0.05, 0) is 63.4 Å². The third kappa shape index (κ3) is 5.28. The molecule has 8 heteroatoms. The van der Waals surface area contributed by atoms with Gasteiger partial charge < -0.3 is 20.8 Å². The number of hydrogen-bond donors (Lipinski definition) is 3. The molecule has 5 aromatic rings. The van der Waals surface area contributed by atoms with Crippen LogP contribution in [0, 0.1) is 27.7 Å². The molecule has 0 atom stereocenters. The minimum Gasteiger partial charge on any atom is -0.461 e. The van der Waals surface area contributed by atoms with Gasteiger partial charge in [0.05, 0.1) is 16.9 Å². The first kappa shape index (κ1) is 26.2. The Morgan fingerprint density at radius 2 is 1.74 bits per heavy atom. The maximum absolute atomic E-state index is 13.7. The van der Waals surface area contributed by atoms with Gasteiger partial charge in [-0.1, -0.05) is 48.0 Å². The van der Waals surface area contributed by atoms with Crippen molar-refractivity contribution in [2.75, 3.05) is 17.6 Å². The number of carbonyl (C=O) groups is 2. The molecule has 0 bridgehead atoms. The molecule has 3 heterocycles. The minimum atomic E-state index is -0.322. The number of amides is 2. The Bertz CT molecular complexity index is 1700. The van der Waals surface area contributed by atoms with Crippen molar-refractivity contribution in [3.8, 4) is 11.3 Å². The molecule has 4 N–H and O–H groups in total. The van der Waals surface area contributed by atoms with Gasteiger partial charge in [0.1, 0.15) is 21.2 Å². The molecule has 0 fully saturated rings. The molecule has 0 unspecified atom stereocenters. The number of anilines is 2. The normalized spacial score (nSPS) is 11.1. The topological polar surface area (TPSA) is 110 Å². The predicted molar refractivity (Wildman–Crippen MR) is 158 cm³/mol. The van der Waals surface area contributed by atoms with Crippen molar-refractivity contribution in [1.82, 2.24) is 10.3 Å². The van der Waals surface area contributed by atoms with E-state index in [-0.39, 0.29) is 17.5 Å². The first-order chi connectivity index (χ1) is 18.7. The summed E-state index contributed by atoms with van der Waals surface area (Å²) in [4.78, 5) is 32.6. The first-order valence-corrected chi connectivity index (χ1v) is 13.5. The minimum absolute atomic E-state index is 0.271. The quantitative estimate of drug-likeness (QED) is 0.216. The zero-order valence-electron chi connectivity index (χ0n) is 22.3. The van der Waals surface area contributed by atoms with Crippen LogP contribution < -0.4 is 16.4 Å². The van der Waals surface area contributed by atoms with E-state index < -0.39 is 0 Å². The molecular weight excluding hydrogens is 508 g/mol. The van der Waals surface area contributed by atoms with Crippen molar-refractivity contribution >= 4 is 44.7 Å². The van der Waals surface area contributed by atoms with Crippen LogP contribution in [-0.2, 0) is 6.42 Å². The molecule has 0 saturated carbocycles. The Kier molecular flexibility index (Phi) is 7.21. The lowest BCUT2D eigenvalue weighted by Gasteiger charge is -2.14. The maximum Gasteiger partial charge on any atom is 0.263 e. The van der Waals surface area contributed by atoms with E-state index in [1.54, 1.807) is 6.92 Å². The SMILES string of the molecule is Cc1ccc(NC(=O)c2c(C)nc3sc(C(=O)NCCc4ccccc4)c(N)c3c2-c2ccc(C)o2)c(C)c1. The van der Waals surface area contributed by atoms with Crippen LogP contribution in [0.1, 0.15) is 48.2 Å². The van der Waals surface area contributed by atoms with Crippen molar-refractivity contribution in [3.63, 3.8) is 0 Å². The summed E-state index contributed by atoms with van der Waals surface area (Å²) in [6, 6.07) is 19.5. The van der Waals surface area contributed by atoms with E-state index in [0.29, 0.717) is 62.1 Å². The summed E-state index contributed by atoms with van der Waals surface area (Å²) in [7, 11) is 0. The summed E-state index contributed by atoms with van der Waals surface area (Å²) < 4.78 is 5.99. The van der Waals surface area contributed by atoms with Crippen LogP contribution in [0.15, 0.2) is 65.1 Å². The van der Waals surface area contributed by atoms with Crippen LogP contribution >= 0.6 is 11.3 Å². The summed E-state index contributed by atoms with van der Waals surface area (Å²) in [5, 5.41) is 6.54. The van der Waals surface area contributed by atoms with Gasteiger partial charge in [0.2, 0.25) is 0 Å². The fourth-order valence-corrected chi connectivity index (χ4v) is 5.78. The molecule has 39 heavy (non-hydrogen) atoms. The molecule has 5 rings (SSSR count). The van der Waals surface area contributed by atoms with Crippen molar-refractivity contribution in [1.29, 1.82) is 0 Å². The molecule has 0 saturated heterocycles. The van der Waals surface area contributed by atoms with Gasteiger partial charge in [0.25, 0.3) is 11.8 Å². The number of hydrogen-bond acceptors (Lipinski definition) is 6. The van der Waals surface area contributed by atoms with E-state index in [0.717, 1.165) is 16.7 Å². The third-order valence-electron chi connectivity index (χ3n) is 6.65. The molecule has 2 amide bonds. The lowest BCUT2D eigenvalue weighted by atomic mass is 9.99. The molecule has 0 spiro atoms. The van der Waals surface area contributed by atoms with E-state index in [2.05, 4.69) is 10.6 Å². The number of carbonyl (C=O) groups excluding carboxylic acids is 2. The smallest absolute Gasteiger partial charge is 0.263 e. The number of aryl methyl sites for hydroxylation is 4. The van der Waals surface area contributed by atoms with Crippen LogP contribution in [0.5, 0.6) is 0 Å². The highest BCUT2D eigenvalue weighted by atomic mass is 32.1. The van der Waals surface area contributed by atoms with Gasteiger partial charge in [-0.15, -0.1) is 11.3 Å². The number of nitrogens with zero attached hydrogens (tertiary/aromatic N) is 1. The van der Waals surface area contributed by atoms with Gasteiger partial charge in [-0.2, -0.15) is 0 Å². The fourth-order valence-electron chi connectivity index (χ4n) is 4.71. The molecule has 7 nitrogen and oxygen atoms in total. The van der Waals surface area contributed by atoms with Crippen molar-refractivity contribution in [3.05, 3.63) is 99.2 Å². The highest BCUT2D eigenvalue weighted by Gasteiger charge is 2.28. The van der Waals surface area contributed by atoms with Gasteiger partial charge in [0.15, 0.2) is 0 Å². The number of pyridine rings is 1. The van der Waals surface area contributed by atoms with Crippen LogP contribution in [0.25, 0.3) is 21.5 Å². The number of furan rings is 1. The largest absolute Gasteiger partial charge is 0.461 e. The van der Waals surface area contributed by atoms with E-state index in [4.69, 9.17) is 15.1 Å². The highest BCUT2D eigenvalue weighted by Crippen LogP contribution is 2.42. The van der Waals surface area contributed by atoms with E-state index in [1.807, 2.05) is 81.4 Å². The summed E-state index contributed by atoms with van der Waals surface area (Å²) in [5.74, 6) is 0.597. The molecule has 0 aliphatic rings. The van der Waals surface area contributed by atoms with Crippen LogP contribution in [0.2, 0.25) is 0 Å². The van der Waals surface area contributed by atoms with E-state index in [1.165, 1.54) is 11.3 Å². The summed E-state index contributed by atoms with van der Waals surface area (Å²) in [5.41, 5.74) is 12.2. The predicted octanol–water partition coefficient (Wildman–Crippen LogP) is 6.60. The Hall–Kier alpha value is -4.43. The number of fused-ring (bicyclic) bond motifs is 1. The second-order valence-corrected chi connectivity index (χ2v) is 10.6. The van der Waals surface area contributed by atoms with Crippen molar-refractivity contribution in [2.45, 2.75) is 34.1 Å². The van der Waals surface area contributed by atoms with Crippen LogP contribution in [0.3, 0.4) is 0 Å². The van der Waals surface area contributed by atoms with Gasteiger partial charge >= 0.3 is 0 Å². The lowest BCUT2D eigenvalue weighted by Crippen LogP contribution is -2.25. The Balaban J connectivity index is 1.55. The lowest BCUT2D eigenvalue weighted by molar-refractivity contribution is 0.0958. The highest BCUT2D eigenvalue weighted by molar-refractivity contribution is 7.21. The summed E-state index contributed by atoms with van der Waals surface area (Å²) in [6.07, 6.45) is 0.703. The molecule has 198 valence electrons. The monoisotopic (exact) mass is 538 g/mol. The molecule has 2 aromatic carbocycles. The van der Waals surface area contributed by atoms with E-state index >= 15 is 0 Å². The molecule has 3 aromatic heterocycles. The number of benzene rings is 2. The van der Waals surface area contributed by atoms with E-state index in [9.17, 15) is 9.59 Å². The Morgan fingerprint density at radius 1 is 0.974 bits per heavy atom. The fraction of sp³-hybridized carbons (Fsp3) is 0.194. The van der Waals surface area contributed by atoms with Crippen molar-refractivity contribution < 1.29 is 14.0 Å². The number of aromatic nitrogens is 1. The second kappa shape index (κ2) is 10.7. The maximum atomic E-state index is 13.7. The molecule has 0 radical (unpaired) electrons. The second-order valence-electron chi connectivity index (χ2n) is 9.65. The molecule has 0 aliphatic heterocycles. The molecular formula is C31H30N4O3S. The molecule has 0 aliphatic carbocycles. The average molecular weight is 539 g/mol.